The minimum absolute atomic E-state index is 0.171. The molecule has 1 atom stereocenters. The first-order valence-corrected chi connectivity index (χ1v) is 11.6. The number of rotatable bonds is 5. The Morgan fingerprint density at radius 3 is 2.86 bits per heavy atom. The Balaban J connectivity index is 1.40. The van der Waals surface area contributed by atoms with Gasteiger partial charge in [0.1, 0.15) is 11.6 Å². The largest absolute Gasteiger partial charge is 0.375 e. The molecule has 10 nitrogen and oxygen atoms in total. The fourth-order valence-electron chi connectivity index (χ4n) is 4.37. The van der Waals surface area contributed by atoms with Gasteiger partial charge in [0.25, 0.3) is 5.91 Å². The van der Waals surface area contributed by atoms with Crippen LogP contribution in [0, 0.1) is 0 Å². The smallest absolute Gasteiger partial charge is 0.263 e. The fourth-order valence-corrected chi connectivity index (χ4v) is 4.37. The average molecular weight is 477 g/mol. The number of hydrogen-bond donors (Lipinski definition) is 2. The van der Waals surface area contributed by atoms with E-state index < -0.39 is 11.6 Å². The van der Waals surface area contributed by atoms with Gasteiger partial charge in [-0.1, -0.05) is 0 Å². The van der Waals surface area contributed by atoms with Gasteiger partial charge in [-0.2, -0.15) is 0 Å². The van der Waals surface area contributed by atoms with Crippen LogP contribution in [0.2, 0.25) is 0 Å². The van der Waals surface area contributed by atoms with E-state index in [0.29, 0.717) is 29.5 Å². The van der Waals surface area contributed by atoms with E-state index in [-0.39, 0.29) is 24.8 Å². The van der Waals surface area contributed by atoms with Crippen molar-refractivity contribution in [2.45, 2.75) is 31.5 Å². The van der Waals surface area contributed by atoms with E-state index in [0.717, 1.165) is 29.5 Å². The normalized spacial score (nSPS) is 19.2. The topological polar surface area (TPSA) is 110 Å². The van der Waals surface area contributed by atoms with Crippen LogP contribution in [0.4, 0.5) is 21.7 Å². The highest BCUT2D eigenvalue weighted by Gasteiger charge is 2.51. The number of alkyl halides is 1. The van der Waals surface area contributed by atoms with Crippen molar-refractivity contribution in [1.82, 2.24) is 24.6 Å². The van der Waals surface area contributed by atoms with Crippen molar-refractivity contribution in [2.75, 3.05) is 42.3 Å². The molecule has 180 valence electrons. The number of pyridine rings is 3. The van der Waals surface area contributed by atoms with Crippen molar-refractivity contribution >= 4 is 39.6 Å². The first-order chi connectivity index (χ1) is 16.9. The molecule has 1 amide bonds. The predicted molar refractivity (Wildman–Crippen MR) is 130 cm³/mol. The number of amides is 1. The number of carbonyl (C=O) groups excluding carboxylic acids is 1. The third-order valence-corrected chi connectivity index (χ3v) is 6.51. The van der Waals surface area contributed by atoms with Gasteiger partial charge in [-0.25, -0.2) is 23.9 Å². The van der Waals surface area contributed by atoms with E-state index in [4.69, 9.17) is 14.8 Å². The van der Waals surface area contributed by atoms with Crippen LogP contribution in [-0.4, -0.2) is 69.0 Å². The lowest BCUT2D eigenvalue weighted by Gasteiger charge is -2.32. The number of hydrogen-bond acceptors (Lipinski definition) is 8. The third kappa shape index (κ3) is 3.91. The van der Waals surface area contributed by atoms with Crippen molar-refractivity contribution in [3.05, 3.63) is 36.8 Å². The van der Waals surface area contributed by atoms with Crippen LogP contribution in [0.15, 0.2) is 36.8 Å². The molecule has 5 heterocycles. The summed E-state index contributed by atoms with van der Waals surface area (Å²) in [6.07, 6.45) is 5.91. The average Bonchev–Trinajstić information content (AvgIpc) is 3.48. The van der Waals surface area contributed by atoms with Crippen LogP contribution in [-0.2, 0) is 9.53 Å². The summed E-state index contributed by atoms with van der Waals surface area (Å²) < 4.78 is 21.6. The molecule has 0 spiro atoms. The number of aromatic nitrogens is 5. The molecule has 1 aliphatic carbocycles. The quantitative estimate of drug-likeness (QED) is 0.452. The summed E-state index contributed by atoms with van der Waals surface area (Å²) in [5, 5.41) is 11.9. The maximum Gasteiger partial charge on any atom is 0.263 e. The first-order valence-electron chi connectivity index (χ1n) is 11.6. The zero-order chi connectivity index (χ0) is 24.2. The van der Waals surface area contributed by atoms with E-state index >= 15 is 0 Å². The summed E-state index contributed by atoms with van der Waals surface area (Å²) >= 11 is 0. The van der Waals surface area contributed by atoms with Crippen molar-refractivity contribution in [1.29, 1.82) is 0 Å². The van der Waals surface area contributed by atoms with E-state index in [2.05, 4.69) is 32.4 Å². The Morgan fingerprint density at radius 1 is 1.23 bits per heavy atom. The second-order valence-electron chi connectivity index (χ2n) is 9.06. The van der Waals surface area contributed by atoms with Gasteiger partial charge in [0.2, 0.25) is 0 Å². The lowest BCUT2D eigenvalue weighted by Crippen LogP contribution is -2.41. The van der Waals surface area contributed by atoms with Crippen LogP contribution in [0.25, 0.3) is 27.8 Å². The van der Waals surface area contributed by atoms with Gasteiger partial charge in [-0.15, -0.1) is 5.10 Å². The Hall–Kier alpha value is -3.86. The highest BCUT2D eigenvalue weighted by atomic mass is 19.1. The maximum atomic E-state index is 14.2. The van der Waals surface area contributed by atoms with Gasteiger partial charge in [0.15, 0.2) is 17.1 Å². The molecule has 0 unspecified atom stereocenters. The summed E-state index contributed by atoms with van der Waals surface area (Å²) in [6.45, 7) is 4.39. The first kappa shape index (κ1) is 21.7. The number of halogens is 1. The molecule has 0 aromatic carbocycles. The van der Waals surface area contributed by atoms with E-state index in [1.165, 1.54) is 0 Å². The summed E-state index contributed by atoms with van der Waals surface area (Å²) in [7, 11) is 1.77. The molecule has 2 N–H and O–H groups in total. The van der Waals surface area contributed by atoms with Crippen LogP contribution in [0.1, 0.15) is 19.8 Å². The molecule has 35 heavy (non-hydrogen) atoms. The van der Waals surface area contributed by atoms with E-state index in [1.807, 2.05) is 18.3 Å². The minimum atomic E-state index is -1.78. The molecule has 2 aliphatic rings. The number of fused-ring (bicyclic) bond motifs is 2. The molecule has 1 saturated heterocycles. The summed E-state index contributed by atoms with van der Waals surface area (Å²) in [6, 6.07) is 5.69. The van der Waals surface area contributed by atoms with Gasteiger partial charge >= 0.3 is 0 Å². The Kier molecular flexibility index (Phi) is 5.03. The Bertz CT molecular complexity index is 1450. The molecule has 2 fully saturated rings. The zero-order valence-corrected chi connectivity index (χ0v) is 19.5. The van der Waals surface area contributed by atoms with Gasteiger partial charge < -0.3 is 20.3 Å². The number of nitrogens with zero attached hydrogens (tertiary/aromatic N) is 6. The third-order valence-electron chi connectivity index (χ3n) is 6.51. The SMILES string of the molecule is CNc1ncc(-c2nc3ccc(N4CCO[C@@H](C)C4)cn3n2)c2cc(NC(=O)C3(F)CC3)ncc12. The predicted octanol–water partition coefficient (Wildman–Crippen LogP) is 3.05. The molecule has 6 rings (SSSR count). The lowest BCUT2D eigenvalue weighted by atomic mass is 10.1. The number of anilines is 3. The molecule has 1 aliphatic heterocycles. The monoisotopic (exact) mass is 476 g/mol. The molecule has 0 bridgehead atoms. The Morgan fingerprint density at radius 2 is 2.09 bits per heavy atom. The zero-order valence-electron chi connectivity index (χ0n) is 19.5. The van der Waals surface area contributed by atoms with E-state index in [9.17, 15) is 9.18 Å². The summed E-state index contributed by atoms with van der Waals surface area (Å²) in [5.74, 6) is 0.731. The van der Waals surface area contributed by atoms with Crippen LogP contribution in [0.3, 0.4) is 0 Å². The van der Waals surface area contributed by atoms with Crippen molar-refractivity contribution in [3.63, 3.8) is 0 Å². The molecule has 1 saturated carbocycles. The van der Waals surface area contributed by atoms with Crippen molar-refractivity contribution < 1.29 is 13.9 Å². The van der Waals surface area contributed by atoms with Crippen molar-refractivity contribution in [3.8, 4) is 11.4 Å². The molecule has 4 aromatic heterocycles. The van der Waals surface area contributed by atoms with Gasteiger partial charge in [0, 0.05) is 48.9 Å². The highest BCUT2D eigenvalue weighted by molar-refractivity contribution is 6.04. The number of morpholine rings is 1. The van der Waals surface area contributed by atoms with Crippen LogP contribution < -0.4 is 15.5 Å². The lowest BCUT2D eigenvalue weighted by molar-refractivity contribution is -0.122. The molecule has 0 radical (unpaired) electrons. The number of nitrogens with one attached hydrogen (secondary N) is 2. The van der Waals surface area contributed by atoms with Gasteiger partial charge in [-0.3, -0.25) is 4.79 Å². The summed E-state index contributed by atoms with van der Waals surface area (Å²) in [4.78, 5) is 28.0. The molecular weight excluding hydrogens is 451 g/mol. The Labute approximate surface area is 200 Å². The van der Waals surface area contributed by atoms with Gasteiger partial charge in [-0.05, 0) is 38.0 Å². The second kappa shape index (κ2) is 8.12. The minimum Gasteiger partial charge on any atom is -0.375 e. The number of ether oxygens (including phenoxy) is 1. The molecule has 4 aromatic rings. The highest BCUT2D eigenvalue weighted by Crippen LogP contribution is 2.41. The van der Waals surface area contributed by atoms with Gasteiger partial charge in [0.05, 0.1) is 24.6 Å². The second-order valence-corrected chi connectivity index (χ2v) is 9.06. The standard InChI is InChI=1S/C24H25FN8O2/c1-14-12-32(7-8-35-14)15-3-4-20-30-22(31-33(20)13-15)18-11-28-21(26-2)17-10-27-19(9-16(17)18)29-23(34)24(25)5-6-24/h3-4,9-11,13-14H,5-8,12H2,1-2H3,(H,26,28)(H,27,29,34)/t14-/m0/s1. The molecule has 11 heteroatoms. The van der Waals surface area contributed by atoms with E-state index in [1.54, 1.807) is 30.0 Å². The van der Waals surface area contributed by atoms with Crippen molar-refractivity contribution in [2.24, 2.45) is 0 Å². The van der Waals surface area contributed by atoms with Crippen LogP contribution >= 0.6 is 0 Å². The fraction of sp³-hybridized carbons (Fsp3) is 0.375. The maximum absolute atomic E-state index is 14.2. The number of carbonyl (C=O) groups is 1. The summed E-state index contributed by atoms with van der Waals surface area (Å²) in [5.41, 5.74) is 0.648. The molecular formula is C24H25FN8O2. The van der Waals surface area contributed by atoms with Crippen LogP contribution in [0.5, 0.6) is 0 Å².